The minimum Gasteiger partial charge on any atom is -0.464 e. The highest BCUT2D eigenvalue weighted by molar-refractivity contribution is 6.31. The van der Waals surface area contributed by atoms with Crippen LogP contribution in [-0.4, -0.2) is 15.6 Å². The molecule has 3 aromatic carbocycles. The average molecular weight is 525 g/mol. The van der Waals surface area contributed by atoms with Crippen molar-refractivity contribution < 1.29 is 4.42 Å². The number of fused-ring (bicyclic) bond motifs is 5. The molecule has 1 atom stereocenters. The lowest BCUT2D eigenvalue weighted by Gasteiger charge is -2.38. The van der Waals surface area contributed by atoms with E-state index in [1.54, 1.807) is 29.1 Å². The van der Waals surface area contributed by atoms with Crippen LogP contribution in [0.5, 0.6) is 0 Å². The molecule has 7 rings (SSSR count). The molecule has 37 heavy (non-hydrogen) atoms. The zero-order chi connectivity index (χ0) is 25.3. The maximum Gasteiger partial charge on any atom is 0.198 e. The summed E-state index contributed by atoms with van der Waals surface area (Å²) in [4.78, 5) is 21.1. The third kappa shape index (κ3) is 3.37. The topological polar surface area (TPSA) is 63.6 Å². The minimum atomic E-state index is -0.519. The molecular weight excluding hydrogens is 507 g/mol. The summed E-state index contributed by atoms with van der Waals surface area (Å²) >= 11 is 12.4. The number of aryl methyl sites for hydroxylation is 1. The lowest BCUT2D eigenvalue weighted by molar-refractivity contribution is 0.585. The Morgan fingerprint density at radius 3 is 2.57 bits per heavy atom. The Kier molecular flexibility index (Phi) is 4.90. The number of aliphatic imine (C=N–C) groups is 1. The molecule has 6 nitrogen and oxygen atoms in total. The van der Waals surface area contributed by atoms with Gasteiger partial charge in [0.2, 0.25) is 0 Å². The molecule has 1 unspecified atom stereocenters. The van der Waals surface area contributed by atoms with Crippen LogP contribution >= 0.6 is 23.2 Å². The molecule has 0 N–H and O–H groups in total. The fourth-order valence-electron chi connectivity index (χ4n) is 5.13. The molecular formula is C29H18Cl2N4O2. The summed E-state index contributed by atoms with van der Waals surface area (Å²) in [6, 6.07) is 20.0. The van der Waals surface area contributed by atoms with Crippen molar-refractivity contribution in [1.82, 2.24) is 9.78 Å². The van der Waals surface area contributed by atoms with Crippen molar-refractivity contribution in [3.8, 4) is 5.69 Å². The maximum atomic E-state index is 14.0. The molecule has 2 aliphatic heterocycles. The van der Waals surface area contributed by atoms with Crippen LogP contribution in [0, 0.1) is 6.92 Å². The average Bonchev–Trinajstić information content (AvgIpc) is 3.24. The highest BCUT2D eigenvalue weighted by Gasteiger charge is 2.39. The quantitative estimate of drug-likeness (QED) is 0.243. The van der Waals surface area contributed by atoms with Crippen LogP contribution in [0.2, 0.25) is 10.0 Å². The number of benzene rings is 3. The molecule has 0 fully saturated rings. The van der Waals surface area contributed by atoms with Gasteiger partial charge in [-0.1, -0.05) is 41.4 Å². The predicted molar refractivity (Wildman–Crippen MR) is 148 cm³/mol. The van der Waals surface area contributed by atoms with Crippen molar-refractivity contribution in [3.63, 3.8) is 0 Å². The van der Waals surface area contributed by atoms with Crippen LogP contribution in [0.1, 0.15) is 28.4 Å². The van der Waals surface area contributed by atoms with Gasteiger partial charge in [-0.3, -0.25) is 4.79 Å². The molecule has 0 amide bonds. The first-order valence-electron chi connectivity index (χ1n) is 11.7. The second-order valence-electron chi connectivity index (χ2n) is 9.01. The molecule has 0 radical (unpaired) electrons. The van der Waals surface area contributed by atoms with Gasteiger partial charge in [-0.05, 0) is 73.2 Å². The van der Waals surface area contributed by atoms with Crippen LogP contribution in [0.25, 0.3) is 22.7 Å². The summed E-state index contributed by atoms with van der Waals surface area (Å²) in [5, 5.41) is 6.39. The van der Waals surface area contributed by atoms with Crippen LogP contribution in [0.3, 0.4) is 0 Å². The fourth-order valence-corrected chi connectivity index (χ4v) is 5.43. The van der Waals surface area contributed by atoms with Crippen molar-refractivity contribution in [3.05, 3.63) is 122 Å². The van der Waals surface area contributed by atoms with Gasteiger partial charge < -0.3 is 9.32 Å². The van der Waals surface area contributed by atoms with Crippen molar-refractivity contribution in [1.29, 1.82) is 0 Å². The Balaban J connectivity index is 1.54. The first-order chi connectivity index (χ1) is 18.0. The van der Waals surface area contributed by atoms with E-state index >= 15 is 0 Å². The number of halogens is 2. The summed E-state index contributed by atoms with van der Waals surface area (Å²) in [5.74, 6) is 1.36. The number of amidine groups is 1. The standard InChI is InChI=1S/C29H18Cl2N4O2/c1-16-26-27(22-15-37-24-12-9-19(31)14-21(24)28(22)36)34-23-5-3-2-4-17(23)6-13-25(34)32-29(26)35(33-16)20-10-7-18(30)8-11-20/h2-15,27H,1H3. The molecule has 180 valence electrons. The lowest BCUT2D eigenvalue weighted by Crippen LogP contribution is -2.40. The van der Waals surface area contributed by atoms with Crippen molar-refractivity contribution in [2.24, 2.45) is 4.99 Å². The Morgan fingerprint density at radius 2 is 1.73 bits per heavy atom. The first kappa shape index (κ1) is 22.1. The predicted octanol–water partition coefficient (Wildman–Crippen LogP) is 7.26. The Hall–Kier alpha value is -4.13. The summed E-state index contributed by atoms with van der Waals surface area (Å²) in [6.45, 7) is 1.93. The summed E-state index contributed by atoms with van der Waals surface area (Å²) < 4.78 is 7.77. The molecule has 8 heteroatoms. The van der Waals surface area contributed by atoms with E-state index in [2.05, 4.69) is 4.90 Å². The molecule has 5 aromatic rings. The number of nitrogens with zero attached hydrogens (tertiary/aromatic N) is 4. The summed E-state index contributed by atoms with van der Waals surface area (Å²) in [6.07, 6.45) is 5.55. The Labute approximate surface area is 221 Å². The highest BCUT2D eigenvalue weighted by atomic mass is 35.5. The third-order valence-electron chi connectivity index (χ3n) is 6.82. The molecule has 0 aliphatic carbocycles. The van der Waals surface area contributed by atoms with Crippen LogP contribution in [0.4, 0.5) is 11.5 Å². The first-order valence-corrected chi connectivity index (χ1v) is 12.5. The van der Waals surface area contributed by atoms with Gasteiger partial charge >= 0.3 is 0 Å². The van der Waals surface area contributed by atoms with Gasteiger partial charge in [-0.15, -0.1) is 0 Å². The normalized spacial score (nSPS) is 15.8. The Morgan fingerprint density at radius 1 is 0.946 bits per heavy atom. The summed E-state index contributed by atoms with van der Waals surface area (Å²) in [7, 11) is 0. The lowest BCUT2D eigenvalue weighted by atomic mass is 9.92. The highest BCUT2D eigenvalue weighted by Crippen LogP contribution is 2.46. The molecule has 0 bridgehead atoms. The largest absolute Gasteiger partial charge is 0.464 e. The van der Waals surface area contributed by atoms with E-state index in [0.717, 1.165) is 28.2 Å². The second kappa shape index (κ2) is 8.20. The zero-order valence-corrected chi connectivity index (χ0v) is 21.0. The summed E-state index contributed by atoms with van der Waals surface area (Å²) in [5.41, 5.74) is 5.21. The number of rotatable bonds is 2. The van der Waals surface area contributed by atoms with E-state index < -0.39 is 6.04 Å². The molecule has 0 spiro atoms. The van der Waals surface area contributed by atoms with E-state index in [1.807, 2.05) is 67.6 Å². The van der Waals surface area contributed by atoms with E-state index in [4.69, 9.17) is 37.7 Å². The van der Waals surface area contributed by atoms with Gasteiger partial charge in [0.25, 0.3) is 0 Å². The van der Waals surface area contributed by atoms with Crippen molar-refractivity contribution in [2.45, 2.75) is 13.0 Å². The number of hydrogen-bond acceptors (Lipinski definition) is 5. The maximum absolute atomic E-state index is 14.0. The third-order valence-corrected chi connectivity index (χ3v) is 7.30. The Bertz CT molecular complexity index is 1850. The SMILES string of the molecule is Cc1nn(-c2ccc(Cl)cc2)c2c1C(c1coc3ccc(Cl)cc3c1=O)N1C(=N2)C=Cc2ccccc21. The van der Waals surface area contributed by atoms with E-state index in [9.17, 15) is 4.79 Å². The number of para-hydroxylation sites is 1. The van der Waals surface area contributed by atoms with Crippen LogP contribution in [-0.2, 0) is 0 Å². The van der Waals surface area contributed by atoms with Gasteiger partial charge in [0.1, 0.15) is 17.7 Å². The van der Waals surface area contributed by atoms with Gasteiger partial charge in [0.05, 0.1) is 34.1 Å². The van der Waals surface area contributed by atoms with Gasteiger partial charge in [0, 0.05) is 15.6 Å². The minimum absolute atomic E-state index is 0.147. The van der Waals surface area contributed by atoms with Crippen molar-refractivity contribution >= 4 is 57.6 Å². The van der Waals surface area contributed by atoms with Crippen LogP contribution in [0.15, 0.2) is 93.3 Å². The smallest absolute Gasteiger partial charge is 0.198 e. The molecule has 2 aliphatic rings. The van der Waals surface area contributed by atoms with Gasteiger partial charge in [0.15, 0.2) is 11.2 Å². The van der Waals surface area contributed by atoms with Gasteiger partial charge in [-0.25, -0.2) is 9.67 Å². The number of aromatic nitrogens is 2. The van der Waals surface area contributed by atoms with Gasteiger partial charge in [-0.2, -0.15) is 5.10 Å². The van der Waals surface area contributed by atoms with E-state index in [-0.39, 0.29) is 5.43 Å². The van der Waals surface area contributed by atoms with Crippen molar-refractivity contribution in [2.75, 3.05) is 4.90 Å². The molecule has 2 aromatic heterocycles. The zero-order valence-electron chi connectivity index (χ0n) is 19.5. The monoisotopic (exact) mass is 524 g/mol. The number of anilines is 1. The fraction of sp³-hybridized carbons (Fsp3) is 0.0690. The molecule has 4 heterocycles. The van der Waals surface area contributed by atoms with E-state index in [0.29, 0.717) is 38.2 Å². The molecule has 0 saturated carbocycles. The van der Waals surface area contributed by atoms with E-state index in [1.165, 1.54) is 0 Å². The van der Waals surface area contributed by atoms with Crippen LogP contribution < -0.4 is 10.3 Å². The second-order valence-corrected chi connectivity index (χ2v) is 9.88. The number of hydrogen-bond donors (Lipinski definition) is 0. The molecule has 0 saturated heterocycles.